The molecular formula is C20H23FIN5. The van der Waals surface area contributed by atoms with Crippen LogP contribution >= 0.6 is 24.0 Å². The van der Waals surface area contributed by atoms with E-state index in [-0.39, 0.29) is 29.8 Å². The molecule has 0 atom stereocenters. The number of aliphatic imine (C=N–C) groups is 1. The smallest absolute Gasteiger partial charge is 0.191 e. The van der Waals surface area contributed by atoms with Crippen molar-refractivity contribution in [2.24, 2.45) is 4.99 Å². The number of rotatable bonds is 6. The van der Waals surface area contributed by atoms with Crippen molar-refractivity contribution >= 4 is 29.9 Å². The second-order valence-corrected chi connectivity index (χ2v) is 5.79. The number of guanidine groups is 1. The Balaban J connectivity index is 0.00000261. The number of nitrogens with zero attached hydrogens (tertiary/aromatic N) is 3. The zero-order valence-corrected chi connectivity index (χ0v) is 17.4. The first-order valence-corrected chi connectivity index (χ1v) is 8.59. The lowest BCUT2D eigenvalue weighted by Crippen LogP contribution is -2.36. The fraction of sp³-hybridized carbons (Fsp3) is 0.200. The number of aromatic nitrogens is 2. The third-order valence-corrected chi connectivity index (χ3v) is 3.86. The Morgan fingerprint density at radius 1 is 1.11 bits per heavy atom. The maximum absolute atomic E-state index is 14.3. The highest BCUT2D eigenvalue weighted by Crippen LogP contribution is 2.15. The van der Waals surface area contributed by atoms with Gasteiger partial charge in [0.15, 0.2) is 5.96 Å². The van der Waals surface area contributed by atoms with Crippen LogP contribution < -0.4 is 10.6 Å². The molecule has 3 rings (SSSR count). The minimum atomic E-state index is -0.294. The zero-order chi connectivity index (χ0) is 18.2. The molecule has 7 heteroatoms. The molecule has 27 heavy (non-hydrogen) atoms. The molecule has 0 saturated heterocycles. The molecular weight excluding hydrogens is 456 g/mol. The highest BCUT2D eigenvalue weighted by Gasteiger charge is 2.05. The first-order valence-electron chi connectivity index (χ1n) is 8.59. The maximum Gasteiger partial charge on any atom is 0.191 e. The van der Waals surface area contributed by atoms with Crippen molar-refractivity contribution in [1.82, 2.24) is 20.2 Å². The molecule has 0 bridgehead atoms. The van der Waals surface area contributed by atoms with E-state index < -0.39 is 0 Å². The fourth-order valence-electron chi connectivity index (χ4n) is 2.55. The van der Waals surface area contributed by atoms with Crippen molar-refractivity contribution in [3.63, 3.8) is 0 Å². The van der Waals surface area contributed by atoms with E-state index in [1.807, 2.05) is 31.2 Å². The Morgan fingerprint density at radius 3 is 2.59 bits per heavy atom. The maximum atomic E-state index is 14.3. The van der Waals surface area contributed by atoms with Crippen LogP contribution in [0.3, 0.4) is 0 Å². The Labute approximate surface area is 175 Å². The molecule has 2 N–H and O–H groups in total. The molecule has 1 aromatic heterocycles. The summed E-state index contributed by atoms with van der Waals surface area (Å²) in [5.74, 6) is 0.411. The Hall–Kier alpha value is -2.42. The minimum Gasteiger partial charge on any atom is -0.357 e. The van der Waals surface area contributed by atoms with Gasteiger partial charge in [-0.2, -0.15) is 0 Å². The number of nitrogens with one attached hydrogen (secondary N) is 2. The van der Waals surface area contributed by atoms with Crippen LogP contribution in [0.4, 0.5) is 4.39 Å². The molecule has 0 amide bonds. The molecule has 0 aliphatic heterocycles. The Morgan fingerprint density at radius 2 is 1.93 bits per heavy atom. The van der Waals surface area contributed by atoms with E-state index in [4.69, 9.17) is 0 Å². The molecule has 0 unspecified atom stereocenters. The third kappa shape index (κ3) is 6.06. The summed E-state index contributed by atoms with van der Waals surface area (Å²) in [6.45, 7) is 3.85. The predicted molar refractivity (Wildman–Crippen MR) is 117 cm³/mol. The van der Waals surface area contributed by atoms with E-state index in [2.05, 4.69) is 32.7 Å². The molecule has 142 valence electrons. The SMILES string of the molecule is CCNC(=NCc1ccc(-n2ccnc2)c(F)c1)NCc1ccccc1.I. The average molecular weight is 479 g/mol. The lowest BCUT2D eigenvalue weighted by atomic mass is 10.2. The second-order valence-electron chi connectivity index (χ2n) is 5.79. The number of imidazole rings is 1. The van der Waals surface area contributed by atoms with Crippen LogP contribution in [0.2, 0.25) is 0 Å². The van der Waals surface area contributed by atoms with Gasteiger partial charge in [-0.3, -0.25) is 0 Å². The van der Waals surface area contributed by atoms with Crippen molar-refractivity contribution in [3.05, 3.63) is 84.2 Å². The van der Waals surface area contributed by atoms with Gasteiger partial charge in [0.2, 0.25) is 0 Å². The van der Waals surface area contributed by atoms with Gasteiger partial charge in [-0.15, -0.1) is 24.0 Å². The summed E-state index contributed by atoms with van der Waals surface area (Å²) in [4.78, 5) is 8.49. The van der Waals surface area contributed by atoms with Gasteiger partial charge in [-0.25, -0.2) is 14.4 Å². The van der Waals surface area contributed by atoms with E-state index in [1.165, 1.54) is 11.6 Å². The lowest BCUT2D eigenvalue weighted by Gasteiger charge is -2.11. The summed E-state index contributed by atoms with van der Waals surface area (Å²) >= 11 is 0. The first kappa shape index (κ1) is 20.9. The first-order chi connectivity index (χ1) is 12.8. The molecule has 0 saturated carbocycles. The number of halogens is 2. The van der Waals surface area contributed by atoms with Gasteiger partial charge in [-0.05, 0) is 30.2 Å². The van der Waals surface area contributed by atoms with Crippen molar-refractivity contribution in [1.29, 1.82) is 0 Å². The van der Waals surface area contributed by atoms with Crippen LogP contribution in [0.1, 0.15) is 18.1 Å². The Kier molecular flexibility index (Phi) is 8.25. The zero-order valence-electron chi connectivity index (χ0n) is 15.1. The van der Waals surface area contributed by atoms with E-state index in [0.717, 1.165) is 12.1 Å². The monoisotopic (exact) mass is 479 g/mol. The highest BCUT2D eigenvalue weighted by atomic mass is 127. The van der Waals surface area contributed by atoms with E-state index in [1.54, 1.807) is 29.4 Å². The predicted octanol–water partition coefficient (Wildman–Crippen LogP) is 3.88. The lowest BCUT2D eigenvalue weighted by molar-refractivity contribution is 0.615. The van der Waals surface area contributed by atoms with Crippen LogP contribution in [-0.2, 0) is 13.1 Å². The molecule has 0 radical (unpaired) electrons. The van der Waals surface area contributed by atoms with Gasteiger partial charge in [0, 0.05) is 25.5 Å². The van der Waals surface area contributed by atoms with Crippen LogP contribution in [0, 0.1) is 5.82 Å². The van der Waals surface area contributed by atoms with Gasteiger partial charge in [0.1, 0.15) is 5.82 Å². The molecule has 3 aromatic rings. The molecule has 1 heterocycles. The standard InChI is InChI=1S/C20H22FN5.HI/c1-2-23-20(24-13-16-6-4-3-5-7-16)25-14-17-8-9-19(18(21)12-17)26-11-10-22-15-26;/h3-12,15H,2,13-14H2,1H3,(H2,23,24,25);1H. The number of benzene rings is 2. The van der Waals surface area contributed by atoms with E-state index in [0.29, 0.717) is 24.7 Å². The Bertz CT molecular complexity index is 850. The molecule has 0 fully saturated rings. The van der Waals surface area contributed by atoms with Crippen molar-refractivity contribution in [2.45, 2.75) is 20.0 Å². The number of hydrogen-bond donors (Lipinski definition) is 2. The van der Waals surface area contributed by atoms with E-state index in [9.17, 15) is 4.39 Å². The summed E-state index contributed by atoms with van der Waals surface area (Å²) in [6.07, 6.45) is 4.92. The third-order valence-electron chi connectivity index (χ3n) is 3.86. The van der Waals surface area contributed by atoms with Crippen LogP contribution in [0.25, 0.3) is 5.69 Å². The molecule has 0 spiro atoms. The van der Waals surface area contributed by atoms with Gasteiger partial charge >= 0.3 is 0 Å². The van der Waals surface area contributed by atoms with Crippen LogP contribution in [0.15, 0.2) is 72.2 Å². The number of hydrogen-bond acceptors (Lipinski definition) is 2. The van der Waals surface area contributed by atoms with Gasteiger partial charge < -0.3 is 15.2 Å². The quantitative estimate of drug-likeness (QED) is 0.321. The average Bonchev–Trinajstić information content (AvgIpc) is 3.19. The fourth-order valence-corrected chi connectivity index (χ4v) is 2.55. The second kappa shape index (κ2) is 10.7. The van der Waals surface area contributed by atoms with Crippen molar-refractivity contribution < 1.29 is 4.39 Å². The van der Waals surface area contributed by atoms with Gasteiger partial charge in [0.25, 0.3) is 0 Å². The minimum absolute atomic E-state index is 0. The summed E-state index contributed by atoms with van der Waals surface area (Å²) in [7, 11) is 0. The highest BCUT2D eigenvalue weighted by molar-refractivity contribution is 14.0. The van der Waals surface area contributed by atoms with Crippen LogP contribution in [-0.4, -0.2) is 22.1 Å². The largest absolute Gasteiger partial charge is 0.357 e. The topological polar surface area (TPSA) is 54.2 Å². The molecule has 0 aliphatic rings. The van der Waals surface area contributed by atoms with Crippen molar-refractivity contribution in [3.8, 4) is 5.69 Å². The van der Waals surface area contributed by atoms with E-state index >= 15 is 0 Å². The van der Waals surface area contributed by atoms with Crippen LogP contribution in [0.5, 0.6) is 0 Å². The molecule has 0 aliphatic carbocycles. The molecule has 2 aromatic carbocycles. The summed E-state index contributed by atoms with van der Waals surface area (Å²) < 4.78 is 16.0. The normalized spacial score (nSPS) is 11.0. The van der Waals surface area contributed by atoms with Crippen molar-refractivity contribution in [2.75, 3.05) is 6.54 Å². The summed E-state index contributed by atoms with van der Waals surface area (Å²) in [5, 5.41) is 6.49. The van der Waals surface area contributed by atoms with Gasteiger partial charge in [-0.1, -0.05) is 36.4 Å². The van der Waals surface area contributed by atoms with Gasteiger partial charge in [0.05, 0.1) is 18.6 Å². The summed E-state index contributed by atoms with van der Waals surface area (Å²) in [6, 6.07) is 15.2. The molecule has 5 nitrogen and oxygen atoms in total. The summed E-state index contributed by atoms with van der Waals surface area (Å²) in [5.41, 5.74) is 2.46.